The number of fused-ring (bicyclic) bond motifs is 4. The molecule has 8 heteroatoms. The van der Waals surface area contributed by atoms with Crippen LogP contribution >= 0.6 is 11.3 Å². The third-order valence-corrected chi connectivity index (χ3v) is 9.89. The maximum atomic E-state index is 11.9. The number of hydrogen-bond acceptors (Lipinski definition) is 5. The van der Waals surface area contributed by atoms with Crippen molar-refractivity contribution >= 4 is 33.1 Å². The molecular formula is C27H34N6OS. The molecule has 2 N–H and O–H groups in total. The molecule has 3 atom stereocenters. The van der Waals surface area contributed by atoms with Gasteiger partial charge in [-0.05, 0) is 73.6 Å². The number of likely N-dealkylation sites (N-methyl/N-ethyl adjacent to an activating group) is 1. The molecule has 1 saturated heterocycles. The summed E-state index contributed by atoms with van der Waals surface area (Å²) in [5, 5.41) is 8.61. The molecule has 0 aromatic carbocycles. The number of carbonyl (C=O) groups is 1. The van der Waals surface area contributed by atoms with E-state index in [4.69, 9.17) is 0 Å². The number of aromatic amines is 1. The molecule has 2 fully saturated rings. The number of piperidine rings is 1. The molecule has 0 spiro atoms. The van der Waals surface area contributed by atoms with Crippen molar-refractivity contribution in [3.63, 3.8) is 0 Å². The molecule has 4 aromatic rings. The molecule has 35 heavy (non-hydrogen) atoms. The van der Waals surface area contributed by atoms with E-state index >= 15 is 0 Å². The highest BCUT2D eigenvalue weighted by atomic mass is 32.1. The first-order chi connectivity index (χ1) is 16.8. The topological polar surface area (TPSA) is 78.3 Å². The van der Waals surface area contributed by atoms with Crippen LogP contribution in [0.2, 0.25) is 0 Å². The summed E-state index contributed by atoms with van der Waals surface area (Å²) in [6.45, 7) is 12.8. The van der Waals surface area contributed by atoms with Crippen LogP contribution in [0.1, 0.15) is 65.7 Å². The first-order valence-corrected chi connectivity index (χ1v) is 13.5. The Kier molecular flexibility index (Phi) is 5.30. The number of hydrogen-bond donors (Lipinski definition) is 2. The number of amides is 1. The second-order valence-corrected chi connectivity index (χ2v) is 11.8. The van der Waals surface area contributed by atoms with Gasteiger partial charge in [-0.1, -0.05) is 13.8 Å². The van der Waals surface area contributed by atoms with Crippen molar-refractivity contribution in [3.05, 3.63) is 39.7 Å². The van der Waals surface area contributed by atoms with E-state index < -0.39 is 0 Å². The zero-order chi connectivity index (χ0) is 24.6. The Morgan fingerprint density at radius 2 is 2.03 bits per heavy atom. The summed E-state index contributed by atoms with van der Waals surface area (Å²) in [6.07, 6.45) is 6.13. The summed E-state index contributed by atoms with van der Waals surface area (Å²) in [7, 11) is 1.73. The van der Waals surface area contributed by atoms with Gasteiger partial charge in [0.15, 0.2) is 5.65 Å². The van der Waals surface area contributed by atoms with Gasteiger partial charge < -0.3 is 10.3 Å². The predicted molar refractivity (Wildman–Crippen MR) is 141 cm³/mol. The molecule has 6 rings (SSSR count). The Labute approximate surface area is 209 Å². The number of carbonyl (C=O) groups excluding carboxylic acids is 1. The van der Waals surface area contributed by atoms with E-state index in [1.54, 1.807) is 18.3 Å². The first kappa shape index (κ1) is 22.7. The third kappa shape index (κ3) is 3.37. The van der Waals surface area contributed by atoms with Gasteiger partial charge in [0.1, 0.15) is 11.2 Å². The van der Waals surface area contributed by atoms with Gasteiger partial charge >= 0.3 is 0 Å². The molecule has 2 bridgehead atoms. The van der Waals surface area contributed by atoms with E-state index in [9.17, 15) is 4.79 Å². The van der Waals surface area contributed by atoms with E-state index in [0.717, 1.165) is 18.6 Å². The molecule has 2 aliphatic rings. The monoisotopic (exact) mass is 490 g/mol. The Balaban J connectivity index is 1.40. The Morgan fingerprint density at radius 3 is 2.71 bits per heavy atom. The summed E-state index contributed by atoms with van der Waals surface area (Å²) in [5.41, 5.74) is 8.63. The van der Waals surface area contributed by atoms with Crippen molar-refractivity contribution in [2.45, 2.75) is 65.3 Å². The number of H-pyrrole nitrogens is 1. The van der Waals surface area contributed by atoms with E-state index in [2.05, 4.69) is 66.1 Å². The quantitative estimate of drug-likeness (QED) is 0.417. The fourth-order valence-corrected chi connectivity index (χ4v) is 8.10. The van der Waals surface area contributed by atoms with Crippen LogP contribution in [0.3, 0.4) is 0 Å². The molecule has 0 radical (unpaired) electrons. The van der Waals surface area contributed by atoms with Crippen molar-refractivity contribution in [2.24, 2.45) is 5.92 Å². The van der Waals surface area contributed by atoms with E-state index in [0.29, 0.717) is 30.3 Å². The van der Waals surface area contributed by atoms with Crippen LogP contribution in [0, 0.1) is 26.7 Å². The predicted octanol–water partition coefficient (Wildman–Crippen LogP) is 4.91. The fourth-order valence-electron chi connectivity index (χ4n) is 6.67. The van der Waals surface area contributed by atoms with Crippen LogP contribution in [0.5, 0.6) is 0 Å². The minimum absolute atomic E-state index is 0.124. The van der Waals surface area contributed by atoms with Gasteiger partial charge in [0, 0.05) is 41.7 Å². The summed E-state index contributed by atoms with van der Waals surface area (Å²) in [6, 6.07) is 0.530. The van der Waals surface area contributed by atoms with Gasteiger partial charge in [-0.2, -0.15) is 5.10 Å². The normalized spacial score (nSPS) is 22.3. The number of rotatable bonds is 5. The van der Waals surface area contributed by atoms with Crippen molar-refractivity contribution < 1.29 is 4.79 Å². The van der Waals surface area contributed by atoms with Crippen molar-refractivity contribution in [2.75, 3.05) is 20.1 Å². The number of aryl methyl sites for hydroxylation is 2. The number of nitrogens with zero attached hydrogens (tertiary/aromatic N) is 4. The molecule has 0 unspecified atom stereocenters. The van der Waals surface area contributed by atoms with Crippen molar-refractivity contribution in [1.82, 2.24) is 29.8 Å². The van der Waals surface area contributed by atoms with Crippen molar-refractivity contribution in [3.8, 4) is 11.3 Å². The third-order valence-electron chi connectivity index (χ3n) is 8.55. The molecule has 184 valence electrons. The lowest BCUT2D eigenvalue weighted by atomic mass is 9.88. The van der Waals surface area contributed by atoms with Gasteiger partial charge in [-0.15, -0.1) is 11.3 Å². The van der Waals surface area contributed by atoms with Crippen LogP contribution in [0.25, 0.3) is 27.1 Å². The number of aromatic nitrogens is 4. The van der Waals surface area contributed by atoms with Gasteiger partial charge in [0.2, 0.25) is 5.91 Å². The van der Waals surface area contributed by atoms with Crippen LogP contribution in [0.4, 0.5) is 0 Å². The van der Waals surface area contributed by atoms with Gasteiger partial charge in [-0.25, -0.2) is 9.50 Å². The van der Waals surface area contributed by atoms with E-state index in [1.165, 1.54) is 50.1 Å². The fraction of sp³-hybridized carbons (Fsp3) is 0.519. The molecule has 5 heterocycles. The van der Waals surface area contributed by atoms with Crippen LogP contribution in [-0.2, 0) is 4.79 Å². The molecule has 7 nitrogen and oxygen atoms in total. The Bertz CT molecular complexity index is 1460. The number of thiophene rings is 1. The lowest BCUT2D eigenvalue weighted by Gasteiger charge is -2.30. The number of pyridine rings is 1. The van der Waals surface area contributed by atoms with Crippen LogP contribution in [0.15, 0.2) is 12.5 Å². The largest absolute Gasteiger partial charge is 0.358 e. The highest BCUT2D eigenvalue weighted by Gasteiger charge is 2.46. The van der Waals surface area contributed by atoms with Crippen LogP contribution in [-0.4, -0.2) is 56.6 Å². The minimum Gasteiger partial charge on any atom is -0.358 e. The molecule has 1 aliphatic heterocycles. The molecular weight excluding hydrogens is 456 g/mol. The number of likely N-dealkylation sites (tertiary alicyclic amines) is 1. The lowest BCUT2D eigenvalue weighted by molar-refractivity contribution is -0.122. The molecule has 4 aromatic heterocycles. The standard InChI is InChI=1S/C27H34N6OS/c1-13(2)22-23-16(5)25(19-8-18-7-17(19)9-32(18)11-21(34)28-6)35-27(23)31-24(22)20-10-33-26(29-12-30-33)15(4)14(20)3/h10,12-13,17-19,31H,7-9,11H2,1-6H3,(H,28,34)/t17-,18-,19+/m0/s1. The summed E-state index contributed by atoms with van der Waals surface area (Å²) >= 11 is 1.95. The Morgan fingerprint density at radius 1 is 1.23 bits per heavy atom. The first-order valence-electron chi connectivity index (χ1n) is 12.7. The summed E-state index contributed by atoms with van der Waals surface area (Å²) in [5.74, 6) is 1.77. The minimum atomic E-state index is 0.124. The van der Waals surface area contributed by atoms with Crippen LogP contribution < -0.4 is 5.32 Å². The highest BCUT2D eigenvalue weighted by Crippen LogP contribution is 2.53. The summed E-state index contributed by atoms with van der Waals surface area (Å²) in [4.78, 5) is 25.4. The van der Waals surface area contributed by atoms with Crippen molar-refractivity contribution in [1.29, 1.82) is 0 Å². The maximum Gasteiger partial charge on any atom is 0.233 e. The average Bonchev–Trinajstić information content (AvgIpc) is 3.63. The number of nitrogens with one attached hydrogen (secondary N) is 2. The summed E-state index contributed by atoms with van der Waals surface area (Å²) < 4.78 is 1.90. The SMILES string of the molecule is CNC(=O)CN1C[C@@H]2C[C@H]1C[C@H]2c1sc2[nH]c(-c3cn4ncnc4c(C)c3C)c(C(C)C)c2c1C. The highest BCUT2D eigenvalue weighted by molar-refractivity contribution is 7.19. The maximum absolute atomic E-state index is 11.9. The molecule has 1 aliphatic carbocycles. The van der Waals surface area contributed by atoms with E-state index in [1.807, 2.05) is 15.9 Å². The van der Waals surface area contributed by atoms with Gasteiger partial charge in [0.25, 0.3) is 0 Å². The van der Waals surface area contributed by atoms with Gasteiger partial charge in [-0.3, -0.25) is 9.69 Å². The average molecular weight is 491 g/mol. The van der Waals surface area contributed by atoms with Gasteiger partial charge in [0.05, 0.1) is 12.2 Å². The second-order valence-electron chi connectivity index (χ2n) is 10.8. The Hall–Kier alpha value is -2.71. The zero-order valence-electron chi connectivity index (χ0n) is 21.4. The lowest BCUT2D eigenvalue weighted by Crippen LogP contribution is -2.41. The van der Waals surface area contributed by atoms with E-state index in [-0.39, 0.29) is 5.91 Å². The molecule has 1 saturated carbocycles. The zero-order valence-corrected chi connectivity index (χ0v) is 22.2. The second kappa shape index (κ2) is 8.17. The smallest absolute Gasteiger partial charge is 0.233 e. The molecule has 1 amide bonds.